The van der Waals surface area contributed by atoms with Crippen LogP contribution in [0.1, 0.15) is 34.1 Å². The van der Waals surface area contributed by atoms with Gasteiger partial charge in [0.2, 0.25) is 12.6 Å². The standard InChI is InChI=1S/C25H29N3O3/c1-16-4-6-20-21(12-16)26-17(2)24(20)25(29)18(3)28-10-8-27(9-11-28)14-19-5-7-22-23(13-19)31-15-30-22/h4-7,12-13,18,26H,8-11,14-15H2,1-3H3/p+2/t18-/m0/s1. The van der Waals surface area contributed by atoms with Crippen LogP contribution in [-0.2, 0) is 6.54 Å². The topological polar surface area (TPSA) is 60.2 Å². The van der Waals surface area contributed by atoms with E-state index in [1.807, 2.05) is 13.0 Å². The van der Waals surface area contributed by atoms with Crippen molar-refractivity contribution in [2.24, 2.45) is 0 Å². The van der Waals surface area contributed by atoms with Crippen LogP contribution in [0.25, 0.3) is 10.9 Å². The minimum Gasteiger partial charge on any atom is -0.454 e. The van der Waals surface area contributed by atoms with Gasteiger partial charge in [0, 0.05) is 22.2 Å². The van der Waals surface area contributed by atoms with Gasteiger partial charge in [0.05, 0.1) is 5.56 Å². The number of ether oxygens (including phenoxy) is 2. The minimum atomic E-state index is -0.0360. The number of aromatic amines is 1. The average molecular weight is 422 g/mol. The highest BCUT2D eigenvalue weighted by molar-refractivity contribution is 6.11. The largest absolute Gasteiger partial charge is 0.454 e. The molecule has 0 spiro atoms. The van der Waals surface area contributed by atoms with Crippen molar-refractivity contribution in [3.05, 3.63) is 58.8 Å². The van der Waals surface area contributed by atoms with Gasteiger partial charge in [0.1, 0.15) is 38.8 Å². The molecule has 3 heterocycles. The van der Waals surface area contributed by atoms with Crippen LogP contribution in [0.15, 0.2) is 36.4 Å². The van der Waals surface area contributed by atoms with E-state index in [0.717, 1.165) is 66.4 Å². The van der Waals surface area contributed by atoms with Crippen molar-refractivity contribution in [3.63, 3.8) is 0 Å². The molecule has 5 rings (SSSR count). The van der Waals surface area contributed by atoms with Crippen molar-refractivity contribution in [3.8, 4) is 11.5 Å². The summed E-state index contributed by atoms with van der Waals surface area (Å²) in [4.78, 5) is 19.8. The first kappa shape index (κ1) is 20.1. The highest BCUT2D eigenvalue weighted by Gasteiger charge is 2.33. The fourth-order valence-corrected chi connectivity index (χ4v) is 5.04. The molecule has 1 atom stereocenters. The molecule has 0 unspecified atom stereocenters. The number of ketones is 1. The SMILES string of the molecule is Cc1ccc2c(C(=O)[C@H](C)[NH+]3CC[NH+](Cc4ccc5c(c4)OCO5)CC3)c(C)[nH]c2c1. The molecule has 2 aliphatic heterocycles. The van der Waals surface area contributed by atoms with Crippen molar-refractivity contribution >= 4 is 16.7 Å². The lowest BCUT2D eigenvalue weighted by Gasteiger charge is -2.32. The van der Waals surface area contributed by atoms with Crippen LogP contribution in [-0.4, -0.2) is 49.8 Å². The number of hydrogen-bond acceptors (Lipinski definition) is 3. The number of nitrogens with one attached hydrogen (secondary N) is 3. The molecule has 0 radical (unpaired) electrons. The quantitative estimate of drug-likeness (QED) is 0.540. The number of quaternary nitrogens is 2. The number of carbonyl (C=O) groups excluding carboxylic acids is 1. The maximum Gasteiger partial charge on any atom is 0.231 e. The number of Topliss-reactive ketones (excluding diaryl/α,β-unsaturated/α-hetero) is 1. The number of carbonyl (C=O) groups is 1. The lowest BCUT2D eigenvalue weighted by Crippen LogP contribution is -3.29. The first-order valence-corrected chi connectivity index (χ1v) is 11.2. The zero-order chi connectivity index (χ0) is 21.5. The van der Waals surface area contributed by atoms with Crippen LogP contribution < -0.4 is 19.3 Å². The molecule has 6 heteroatoms. The smallest absolute Gasteiger partial charge is 0.231 e. The summed E-state index contributed by atoms with van der Waals surface area (Å²) in [6, 6.07) is 12.5. The Kier molecular flexibility index (Phi) is 5.20. The number of piperazine rings is 1. The second-order valence-electron chi connectivity index (χ2n) is 9.03. The Hall–Kier alpha value is -2.83. The summed E-state index contributed by atoms with van der Waals surface area (Å²) in [5, 5.41) is 1.05. The van der Waals surface area contributed by atoms with Crippen molar-refractivity contribution < 1.29 is 24.1 Å². The number of aryl methyl sites for hydroxylation is 2. The van der Waals surface area contributed by atoms with E-state index in [1.54, 1.807) is 4.90 Å². The van der Waals surface area contributed by atoms with Gasteiger partial charge in [0.25, 0.3) is 0 Å². The second kappa shape index (κ2) is 8.02. The lowest BCUT2D eigenvalue weighted by atomic mass is 9.99. The van der Waals surface area contributed by atoms with Crippen molar-refractivity contribution in [1.82, 2.24) is 4.98 Å². The number of fused-ring (bicyclic) bond motifs is 2. The monoisotopic (exact) mass is 421 g/mol. The molecule has 162 valence electrons. The first-order chi connectivity index (χ1) is 15.0. The van der Waals surface area contributed by atoms with Crippen LogP contribution in [0.2, 0.25) is 0 Å². The molecule has 1 aromatic heterocycles. The highest BCUT2D eigenvalue weighted by atomic mass is 16.7. The normalized spacial score (nSPS) is 21.4. The third-order valence-electron chi connectivity index (χ3n) is 6.88. The molecule has 0 bridgehead atoms. The van der Waals surface area contributed by atoms with Crippen LogP contribution in [0.4, 0.5) is 0 Å². The number of benzene rings is 2. The minimum absolute atomic E-state index is 0.0360. The van der Waals surface area contributed by atoms with Crippen LogP contribution in [0, 0.1) is 13.8 Å². The first-order valence-electron chi connectivity index (χ1n) is 11.2. The molecule has 31 heavy (non-hydrogen) atoms. The Labute approximate surface area is 182 Å². The molecule has 2 aliphatic rings. The van der Waals surface area contributed by atoms with Gasteiger partial charge in [-0.3, -0.25) is 4.79 Å². The molecule has 3 aromatic rings. The lowest BCUT2D eigenvalue weighted by molar-refractivity contribution is -1.02. The Morgan fingerprint density at radius 3 is 2.61 bits per heavy atom. The zero-order valence-electron chi connectivity index (χ0n) is 18.5. The average Bonchev–Trinajstić information content (AvgIpc) is 3.35. The number of H-pyrrole nitrogens is 1. The van der Waals surface area contributed by atoms with E-state index in [-0.39, 0.29) is 11.8 Å². The van der Waals surface area contributed by atoms with Crippen LogP contribution in [0.5, 0.6) is 11.5 Å². The summed E-state index contributed by atoms with van der Waals surface area (Å²) in [7, 11) is 0. The van der Waals surface area contributed by atoms with Gasteiger partial charge < -0.3 is 24.3 Å². The maximum atomic E-state index is 13.4. The van der Waals surface area contributed by atoms with Crippen molar-refractivity contribution in [2.75, 3.05) is 33.0 Å². The molecule has 0 amide bonds. The van der Waals surface area contributed by atoms with Gasteiger partial charge in [-0.2, -0.15) is 0 Å². The Morgan fingerprint density at radius 1 is 1.03 bits per heavy atom. The molecule has 0 saturated carbocycles. The molecule has 3 N–H and O–H groups in total. The van der Waals surface area contributed by atoms with Crippen molar-refractivity contribution in [2.45, 2.75) is 33.4 Å². The van der Waals surface area contributed by atoms with E-state index in [0.29, 0.717) is 6.79 Å². The third-order valence-corrected chi connectivity index (χ3v) is 6.88. The van der Waals surface area contributed by atoms with E-state index in [9.17, 15) is 4.79 Å². The fourth-order valence-electron chi connectivity index (χ4n) is 5.04. The molecular formula is C25H31N3O3+2. The van der Waals surface area contributed by atoms with E-state index < -0.39 is 0 Å². The zero-order valence-corrected chi connectivity index (χ0v) is 18.5. The molecule has 0 aliphatic carbocycles. The van der Waals surface area contributed by atoms with Crippen molar-refractivity contribution in [1.29, 1.82) is 0 Å². The number of hydrogen-bond donors (Lipinski definition) is 3. The molecule has 1 saturated heterocycles. The van der Waals surface area contributed by atoms with E-state index in [1.165, 1.54) is 16.0 Å². The predicted octanol–water partition coefficient (Wildman–Crippen LogP) is 1.07. The van der Waals surface area contributed by atoms with Gasteiger partial charge in [-0.1, -0.05) is 12.1 Å². The number of rotatable bonds is 5. The Morgan fingerprint density at radius 2 is 1.81 bits per heavy atom. The Bertz CT molecular complexity index is 1130. The van der Waals surface area contributed by atoms with Gasteiger partial charge >= 0.3 is 0 Å². The summed E-state index contributed by atoms with van der Waals surface area (Å²) in [5.74, 6) is 1.94. The molecule has 6 nitrogen and oxygen atoms in total. The van der Waals surface area contributed by atoms with Crippen LogP contribution >= 0.6 is 0 Å². The number of aromatic nitrogens is 1. The van der Waals surface area contributed by atoms with E-state index >= 15 is 0 Å². The van der Waals surface area contributed by atoms with Gasteiger partial charge in [0.15, 0.2) is 11.5 Å². The summed E-state index contributed by atoms with van der Waals surface area (Å²) >= 11 is 0. The van der Waals surface area contributed by atoms with Gasteiger partial charge in [-0.15, -0.1) is 0 Å². The summed E-state index contributed by atoms with van der Waals surface area (Å²) < 4.78 is 10.9. The molecule has 2 aromatic carbocycles. The summed E-state index contributed by atoms with van der Waals surface area (Å²) in [6.07, 6.45) is 0. The van der Waals surface area contributed by atoms with Gasteiger partial charge in [-0.05, 0) is 50.6 Å². The maximum absolute atomic E-state index is 13.4. The fraction of sp³-hybridized carbons (Fsp3) is 0.400. The van der Waals surface area contributed by atoms with Gasteiger partial charge in [-0.25, -0.2) is 0 Å². The van der Waals surface area contributed by atoms with Crippen LogP contribution in [0.3, 0.4) is 0 Å². The Balaban J connectivity index is 1.23. The van der Waals surface area contributed by atoms with E-state index in [4.69, 9.17) is 9.47 Å². The molecule has 1 fully saturated rings. The summed E-state index contributed by atoms with van der Waals surface area (Å²) in [6.45, 7) is 11.6. The molecular weight excluding hydrogens is 390 g/mol. The third kappa shape index (κ3) is 3.82. The second-order valence-corrected chi connectivity index (χ2v) is 9.03. The highest BCUT2D eigenvalue weighted by Crippen LogP contribution is 2.32. The summed E-state index contributed by atoms with van der Waals surface area (Å²) in [5.41, 5.74) is 5.37. The predicted molar refractivity (Wildman–Crippen MR) is 119 cm³/mol. The van der Waals surface area contributed by atoms with E-state index in [2.05, 4.69) is 49.2 Å².